The Labute approximate surface area is 65.0 Å². The molecule has 1 aliphatic rings. The van der Waals surface area contributed by atoms with E-state index in [-0.39, 0.29) is 5.76 Å². The molecule has 3 nitrogen and oxygen atoms in total. The van der Waals surface area contributed by atoms with Gasteiger partial charge in [-0.1, -0.05) is 0 Å². The van der Waals surface area contributed by atoms with Gasteiger partial charge in [0.25, 0.3) is 0 Å². The van der Waals surface area contributed by atoms with Crippen molar-refractivity contribution in [3.63, 3.8) is 0 Å². The van der Waals surface area contributed by atoms with E-state index in [0.717, 1.165) is 6.29 Å². The molecule has 0 atom stereocenters. The first kappa shape index (κ1) is 7.85. The Morgan fingerprint density at radius 1 is 1.73 bits per heavy atom. The first-order valence-corrected chi connectivity index (χ1v) is 3.41. The first-order chi connectivity index (χ1) is 5.29. The highest BCUT2D eigenvalue weighted by Crippen LogP contribution is 2.22. The number of methoxy groups -OCH3 is 1. The van der Waals surface area contributed by atoms with Crippen LogP contribution in [0.25, 0.3) is 0 Å². The van der Waals surface area contributed by atoms with Crippen molar-refractivity contribution in [3.05, 3.63) is 23.2 Å². The number of carbonyl (C=O) groups excluding carboxylic acids is 1. The van der Waals surface area contributed by atoms with E-state index in [1.54, 1.807) is 6.08 Å². The molecule has 0 bridgehead atoms. The molecule has 11 heavy (non-hydrogen) atoms. The van der Waals surface area contributed by atoms with Gasteiger partial charge in [0.15, 0.2) is 11.5 Å². The molecule has 0 aromatic heterocycles. The smallest absolute Gasteiger partial charge is 0.166 e. The van der Waals surface area contributed by atoms with Crippen LogP contribution in [0.3, 0.4) is 0 Å². The predicted octanol–water partition coefficient (Wildman–Crippen LogP) is 1.32. The van der Waals surface area contributed by atoms with Crippen molar-refractivity contribution in [2.45, 2.75) is 12.8 Å². The molecule has 0 aromatic rings. The minimum absolute atomic E-state index is 0.0702. The Hall–Kier alpha value is -1.25. The van der Waals surface area contributed by atoms with Gasteiger partial charge >= 0.3 is 0 Å². The van der Waals surface area contributed by atoms with E-state index in [0.29, 0.717) is 24.2 Å². The molecule has 0 saturated heterocycles. The first-order valence-electron chi connectivity index (χ1n) is 3.41. The summed E-state index contributed by atoms with van der Waals surface area (Å²) >= 11 is 0. The second-order valence-electron chi connectivity index (χ2n) is 2.30. The number of aliphatic hydroxyl groups is 1. The van der Waals surface area contributed by atoms with Gasteiger partial charge in [-0.3, -0.25) is 4.79 Å². The summed E-state index contributed by atoms with van der Waals surface area (Å²) < 4.78 is 4.84. The molecule has 1 N–H and O–H groups in total. The van der Waals surface area contributed by atoms with Crippen LogP contribution in [0.4, 0.5) is 0 Å². The molecule has 0 spiro atoms. The van der Waals surface area contributed by atoms with Crippen LogP contribution in [-0.4, -0.2) is 18.5 Å². The molecule has 3 heteroatoms. The second kappa shape index (κ2) is 3.23. The van der Waals surface area contributed by atoms with Crippen molar-refractivity contribution in [3.8, 4) is 0 Å². The minimum Gasteiger partial charge on any atom is -0.504 e. The number of aliphatic hydroxyl groups excluding tert-OH is 1. The lowest BCUT2D eigenvalue weighted by Gasteiger charge is -2.12. The van der Waals surface area contributed by atoms with E-state index in [1.807, 2.05) is 0 Å². The standard InChI is InChI=1S/C8H10O3/c1-11-8-6(5-9)3-2-4-7(8)10/h4-5,10H,2-3H2,1H3. The maximum absolute atomic E-state index is 10.4. The van der Waals surface area contributed by atoms with E-state index in [1.165, 1.54) is 7.11 Å². The van der Waals surface area contributed by atoms with E-state index in [9.17, 15) is 9.90 Å². The Kier molecular flexibility index (Phi) is 2.31. The van der Waals surface area contributed by atoms with E-state index in [2.05, 4.69) is 0 Å². The third-order valence-electron chi connectivity index (χ3n) is 1.62. The molecule has 0 amide bonds. The average molecular weight is 154 g/mol. The monoisotopic (exact) mass is 154 g/mol. The molecule has 0 saturated carbocycles. The topological polar surface area (TPSA) is 46.5 Å². The maximum Gasteiger partial charge on any atom is 0.166 e. The van der Waals surface area contributed by atoms with Crippen LogP contribution in [0.15, 0.2) is 23.2 Å². The van der Waals surface area contributed by atoms with Gasteiger partial charge in [-0.25, -0.2) is 0 Å². The molecule has 60 valence electrons. The van der Waals surface area contributed by atoms with E-state index in [4.69, 9.17) is 4.74 Å². The number of aldehydes is 1. The maximum atomic E-state index is 10.4. The Morgan fingerprint density at radius 3 is 2.91 bits per heavy atom. The Morgan fingerprint density at radius 2 is 2.45 bits per heavy atom. The summed E-state index contributed by atoms with van der Waals surface area (Å²) in [5, 5.41) is 9.19. The highest BCUT2D eigenvalue weighted by Gasteiger charge is 2.14. The van der Waals surface area contributed by atoms with E-state index >= 15 is 0 Å². The fourth-order valence-corrected chi connectivity index (χ4v) is 1.08. The normalized spacial score (nSPS) is 17.7. The molecule has 0 radical (unpaired) electrons. The average Bonchev–Trinajstić information content (AvgIpc) is 2.04. The zero-order valence-electron chi connectivity index (χ0n) is 6.33. The lowest BCUT2D eigenvalue weighted by atomic mass is 10.0. The number of rotatable bonds is 2. The van der Waals surface area contributed by atoms with Crippen LogP contribution in [0, 0.1) is 0 Å². The van der Waals surface area contributed by atoms with E-state index < -0.39 is 0 Å². The van der Waals surface area contributed by atoms with Crippen LogP contribution < -0.4 is 0 Å². The van der Waals surface area contributed by atoms with Crippen LogP contribution >= 0.6 is 0 Å². The number of hydrogen-bond acceptors (Lipinski definition) is 3. The molecular weight excluding hydrogens is 144 g/mol. The molecule has 1 rings (SSSR count). The molecule has 0 heterocycles. The van der Waals surface area contributed by atoms with Crippen molar-refractivity contribution < 1.29 is 14.6 Å². The van der Waals surface area contributed by atoms with Gasteiger partial charge in [0.1, 0.15) is 6.29 Å². The van der Waals surface area contributed by atoms with Gasteiger partial charge in [0.2, 0.25) is 0 Å². The Balaban J connectivity index is 2.97. The van der Waals surface area contributed by atoms with Crippen molar-refractivity contribution in [2.75, 3.05) is 7.11 Å². The number of carbonyl (C=O) groups is 1. The highest BCUT2D eigenvalue weighted by atomic mass is 16.5. The zero-order chi connectivity index (χ0) is 8.27. The molecular formula is C8H10O3. The molecule has 0 aromatic carbocycles. The molecule has 0 unspecified atom stereocenters. The van der Waals surface area contributed by atoms with Gasteiger partial charge in [-0.15, -0.1) is 0 Å². The largest absolute Gasteiger partial charge is 0.504 e. The number of hydrogen-bond donors (Lipinski definition) is 1. The number of ether oxygens (including phenoxy) is 1. The van der Waals surface area contributed by atoms with Gasteiger partial charge < -0.3 is 9.84 Å². The summed E-state index contributed by atoms with van der Waals surface area (Å²) in [6.45, 7) is 0. The summed E-state index contributed by atoms with van der Waals surface area (Å²) in [6.07, 6.45) is 3.72. The lowest BCUT2D eigenvalue weighted by molar-refractivity contribution is -0.105. The van der Waals surface area contributed by atoms with Crippen molar-refractivity contribution in [2.24, 2.45) is 0 Å². The fourth-order valence-electron chi connectivity index (χ4n) is 1.08. The van der Waals surface area contributed by atoms with Gasteiger partial charge in [0.05, 0.1) is 7.11 Å². The van der Waals surface area contributed by atoms with Crippen LogP contribution in [0.1, 0.15) is 12.8 Å². The summed E-state index contributed by atoms with van der Waals surface area (Å²) in [7, 11) is 1.44. The second-order valence-corrected chi connectivity index (χ2v) is 2.30. The predicted molar refractivity (Wildman–Crippen MR) is 40.0 cm³/mol. The zero-order valence-corrected chi connectivity index (χ0v) is 6.33. The summed E-state index contributed by atoms with van der Waals surface area (Å²) in [5.74, 6) is 0.382. The SMILES string of the molecule is COC1=C(C=O)CCC=C1O. The fraction of sp³-hybridized carbons (Fsp3) is 0.375. The molecule has 0 aliphatic heterocycles. The van der Waals surface area contributed by atoms with Crippen molar-refractivity contribution in [1.29, 1.82) is 0 Å². The Bertz CT molecular complexity index is 225. The summed E-state index contributed by atoms with van der Waals surface area (Å²) in [6, 6.07) is 0. The van der Waals surface area contributed by atoms with Gasteiger partial charge in [-0.2, -0.15) is 0 Å². The third-order valence-corrected chi connectivity index (χ3v) is 1.62. The van der Waals surface area contributed by atoms with Crippen LogP contribution in [-0.2, 0) is 9.53 Å². The summed E-state index contributed by atoms with van der Waals surface area (Å²) in [5.41, 5.74) is 0.535. The summed E-state index contributed by atoms with van der Waals surface area (Å²) in [4.78, 5) is 10.4. The van der Waals surface area contributed by atoms with Crippen LogP contribution in [0.5, 0.6) is 0 Å². The molecule has 0 fully saturated rings. The quantitative estimate of drug-likeness (QED) is 0.610. The van der Waals surface area contributed by atoms with Crippen molar-refractivity contribution >= 4 is 6.29 Å². The highest BCUT2D eigenvalue weighted by molar-refractivity contribution is 5.75. The third kappa shape index (κ3) is 1.42. The van der Waals surface area contributed by atoms with Gasteiger partial charge in [-0.05, 0) is 18.9 Å². The van der Waals surface area contributed by atoms with Crippen LogP contribution in [0.2, 0.25) is 0 Å². The molecule has 1 aliphatic carbocycles. The minimum atomic E-state index is 0.0702. The number of allylic oxidation sites excluding steroid dienone is 2. The van der Waals surface area contributed by atoms with Gasteiger partial charge in [0, 0.05) is 5.57 Å². The lowest BCUT2D eigenvalue weighted by Crippen LogP contribution is -2.03. The van der Waals surface area contributed by atoms with Crippen molar-refractivity contribution in [1.82, 2.24) is 0 Å².